The summed E-state index contributed by atoms with van der Waals surface area (Å²) >= 11 is 0. The van der Waals surface area contributed by atoms with Crippen LogP contribution in [0.5, 0.6) is 5.75 Å². The van der Waals surface area contributed by atoms with Gasteiger partial charge in [0.1, 0.15) is 17.9 Å². The third-order valence-corrected chi connectivity index (χ3v) is 8.02. The van der Waals surface area contributed by atoms with E-state index in [4.69, 9.17) is 9.47 Å². The molecule has 46 heavy (non-hydrogen) atoms. The number of ether oxygens (including phenoxy) is 2. The molecule has 0 aliphatic rings. The highest BCUT2D eigenvalue weighted by atomic mass is 16.5. The first-order valence-corrected chi connectivity index (χ1v) is 15.4. The van der Waals surface area contributed by atoms with E-state index in [-0.39, 0.29) is 13.0 Å². The first kappa shape index (κ1) is 36.2. The van der Waals surface area contributed by atoms with Gasteiger partial charge in [-0.1, -0.05) is 81.4 Å². The Balaban J connectivity index is 1.75. The van der Waals surface area contributed by atoms with Gasteiger partial charge in [-0.05, 0) is 71.6 Å². The van der Waals surface area contributed by atoms with Crippen LogP contribution < -0.4 is 20.9 Å². The van der Waals surface area contributed by atoms with E-state index in [0.29, 0.717) is 12.8 Å². The molecule has 3 rings (SSSR count). The van der Waals surface area contributed by atoms with Crippen LogP contribution in [0.1, 0.15) is 56.3 Å². The molecule has 4 unspecified atom stereocenters. The second kappa shape index (κ2) is 16.9. The monoisotopic (exact) mass is 633 g/mol. The summed E-state index contributed by atoms with van der Waals surface area (Å²) in [5, 5.41) is 25.7. The Bertz CT molecular complexity index is 1460. The molecular formula is C36H47N3O7. The molecular weight excluding hydrogens is 586 g/mol. The van der Waals surface area contributed by atoms with Gasteiger partial charge in [0, 0.05) is 7.11 Å². The fraction of sp³-hybridized carbons (Fsp3) is 0.417. The van der Waals surface area contributed by atoms with Crippen LogP contribution in [-0.4, -0.2) is 61.0 Å². The van der Waals surface area contributed by atoms with Gasteiger partial charge in [0.15, 0.2) is 0 Å². The Morgan fingerprint density at radius 2 is 1.59 bits per heavy atom. The lowest BCUT2D eigenvalue weighted by molar-refractivity contribution is -0.147. The Morgan fingerprint density at radius 3 is 2.20 bits per heavy atom. The molecule has 10 heteroatoms. The van der Waals surface area contributed by atoms with Crippen molar-refractivity contribution < 1.29 is 34.2 Å². The normalized spacial score (nSPS) is 14.0. The summed E-state index contributed by atoms with van der Waals surface area (Å²) in [6.45, 7) is 7.69. The number of rotatable bonds is 15. The van der Waals surface area contributed by atoms with Crippen molar-refractivity contribution in [3.63, 3.8) is 0 Å². The largest absolute Gasteiger partial charge is 0.497 e. The third-order valence-electron chi connectivity index (χ3n) is 8.02. The molecule has 0 bridgehead atoms. The summed E-state index contributed by atoms with van der Waals surface area (Å²) in [7, 11) is 3.17. The number of nitrogens with one attached hydrogen (secondary N) is 3. The van der Waals surface area contributed by atoms with Crippen LogP contribution in [0.25, 0.3) is 11.1 Å². The number of aryl methyl sites for hydroxylation is 2. The zero-order valence-corrected chi connectivity index (χ0v) is 27.5. The number of aliphatic hydroxyl groups excluding tert-OH is 1. The summed E-state index contributed by atoms with van der Waals surface area (Å²) in [4.78, 5) is 39.5. The van der Waals surface area contributed by atoms with E-state index in [1.54, 1.807) is 14.2 Å². The van der Waals surface area contributed by atoms with E-state index in [0.717, 1.165) is 33.6 Å². The van der Waals surface area contributed by atoms with Gasteiger partial charge in [-0.3, -0.25) is 19.6 Å². The van der Waals surface area contributed by atoms with Gasteiger partial charge in [0.25, 0.3) is 5.91 Å². The lowest BCUT2D eigenvalue weighted by Crippen LogP contribution is -2.57. The van der Waals surface area contributed by atoms with Gasteiger partial charge >= 0.3 is 0 Å². The Hall–Kier alpha value is -4.25. The molecule has 0 radical (unpaired) electrons. The van der Waals surface area contributed by atoms with Crippen molar-refractivity contribution in [3.8, 4) is 16.9 Å². The van der Waals surface area contributed by atoms with Crippen molar-refractivity contribution in [2.24, 2.45) is 11.3 Å². The fourth-order valence-corrected chi connectivity index (χ4v) is 5.46. The van der Waals surface area contributed by atoms with Crippen LogP contribution in [-0.2, 0) is 25.5 Å². The minimum Gasteiger partial charge on any atom is -0.497 e. The Kier molecular flexibility index (Phi) is 13.3. The van der Waals surface area contributed by atoms with E-state index >= 15 is 0 Å². The molecule has 0 aliphatic heterocycles. The maximum atomic E-state index is 13.7. The minimum atomic E-state index is -1.82. The summed E-state index contributed by atoms with van der Waals surface area (Å²) in [5.74, 6) is -2.64. The molecule has 0 fully saturated rings. The average Bonchev–Trinajstić information content (AvgIpc) is 3.04. The van der Waals surface area contributed by atoms with Crippen LogP contribution in [0.2, 0.25) is 0 Å². The fourth-order valence-electron chi connectivity index (χ4n) is 5.46. The topological polar surface area (TPSA) is 146 Å². The summed E-state index contributed by atoms with van der Waals surface area (Å²) < 4.78 is 10.7. The quantitative estimate of drug-likeness (QED) is 0.122. The molecule has 3 aromatic rings. The van der Waals surface area contributed by atoms with Crippen molar-refractivity contribution in [2.75, 3.05) is 20.8 Å². The molecule has 0 spiro atoms. The Labute approximate surface area is 271 Å². The first-order valence-electron chi connectivity index (χ1n) is 15.4. The third kappa shape index (κ3) is 9.87. The van der Waals surface area contributed by atoms with E-state index < -0.39 is 47.2 Å². The molecule has 0 saturated heterocycles. The van der Waals surface area contributed by atoms with Gasteiger partial charge in [-0.15, -0.1) is 0 Å². The van der Waals surface area contributed by atoms with Crippen molar-refractivity contribution >= 4 is 17.7 Å². The maximum Gasteiger partial charge on any atom is 0.272 e. The second-order valence-corrected chi connectivity index (χ2v) is 12.5. The zero-order chi connectivity index (χ0) is 33.9. The van der Waals surface area contributed by atoms with Gasteiger partial charge in [0.05, 0.1) is 25.7 Å². The number of aliphatic hydroxyl groups is 1. The number of amides is 3. The van der Waals surface area contributed by atoms with E-state index in [1.165, 1.54) is 5.48 Å². The number of hydrogen-bond donors (Lipinski definition) is 5. The molecule has 0 heterocycles. The van der Waals surface area contributed by atoms with Crippen molar-refractivity contribution in [3.05, 3.63) is 89.5 Å². The number of hydroxylamine groups is 1. The average molecular weight is 634 g/mol. The van der Waals surface area contributed by atoms with Crippen LogP contribution in [0, 0.1) is 18.3 Å². The molecule has 5 N–H and O–H groups in total. The number of methoxy groups -OCH3 is 2. The highest BCUT2D eigenvalue weighted by Crippen LogP contribution is 2.28. The predicted octanol–water partition coefficient (Wildman–Crippen LogP) is 4.51. The molecule has 3 aromatic carbocycles. The second-order valence-electron chi connectivity index (χ2n) is 12.5. The molecule has 0 aliphatic carbocycles. The van der Waals surface area contributed by atoms with Crippen molar-refractivity contribution in [2.45, 2.75) is 65.1 Å². The van der Waals surface area contributed by atoms with Crippen LogP contribution >= 0.6 is 0 Å². The zero-order valence-electron chi connectivity index (χ0n) is 27.5. The SMILES string of the molecule is COCC(NC(=O)C(NC(=O)C(CCCc1ccc(-c2cccc(OC)c2)c(C)c1)C(O)C(=O)NO)C(C)(C)C)c1ccccc1. The molecule has 0 aromatic heterocycles. The number of benzene rings is 3. The minimum absolute atomic E-state index is 0.131. The van der Waals surface area contributed by atoms with Crippen molar-refractivity contribution in [1.82, 2.24) is 16.1 Å². The molecule has 248 valence electrons. The van der Waals surface area contributed by atoms with Gasteiger partial charge in [-0.25, -0.2) is 5.48 Å². The molecule has 10 nitrogen and oxygen atoms in total. The molecule has 0 saturated carbocycles. The van der Waals surface area contributed by atoms with E-state index in [9.17, 15) is 24.7 Å². The molecule has 3 amide bonds. The van der Waals surface area contributed by atoms with Crippen LogP contribution in [0.3, 0.4) is 0 Å². The number of carbonyl (C=O) groups excluding carboxylic acids is 3. The number of hydrogen-bond acceptors (Lipinski definition) is 7. The number of carbonyl (C=O) groups is 3. The van der Waals surface area contributed by atoms with Gasteiger partial charge < -0.3 is 25.2 Å². The van der Waals surface area contributed by atoms with Crippen LogP contribution in [0.15, 0.2) is 72.8 Å². The lowest BCUT2D eigenvalue weighted by atomic mass is 9.84. The Morgan fingerprint density at radius 1 is 0.870 bits per heavy atom. The van der Waals surface area contributed by atoms with Gasteiger partial charge in [-0.2, -0.15) is 0 Å². The van der Waals surface area contributed by atoms with E-state index in [2.05, 4.69) is 16.7 Å². The maximum absolute atomic E-state index is 13.7. The van der Waals surface area contributed by atoms with E-state index in [1.807, 2.05) is 94.4 Å². The summed E-state index contributed by atoms with van der Waals surface area (Å²) in [6, 6.07) is 21.9. The standard InChI is InChI=1S/C36H47N3O7/c1-23-20-24(18-19-28(23)26-15-11-16-27(21-26)46-6)12-10-17-29(31(40)34(42)39-44)33(41)38-32(36(2,3)4)35(43)37-30(22-45-5)25-13-8-7-9-14-25/h7-9,11,13-16,18-21,29-32,40,44H,10,12,17,22H2,1-6H3,(H,37,43)(H,38,41)(H,39,42). The smallest absolute Gasteiger partial charge is 0.272 e. The van der Waals surface area contributed by atoms with Gasteiger partial charge in [0.2, 0.25) is 11.8 Å². The van der Waals surface area contributed by atoms with Crippen LogP contribution in [0.4, 0.5) is 0 Å². The van der Waals surface area contributed by atoms with Crippen molar-refractivity contribution in [1.29, 1.82) is 0 Å². The predicted molar refractivity (Wildman–Crippen MR) is 176 cm³/mol. The summed E-state index contributed by atoms with van der Waals surface area (Å²) in [6.07, 6.45) is -0.653. The highest BCUT2D eigenvalue weighted by Gasteiger charge is 2.38. The lowest BCUT2D eigenvalue weighted by Gasteiger charge is -2.33. The highest BCUT2D eigenvalue weighted by molar-refractivity contribution is 5.92. The first-order chi connectivity index (χ1) is 21.9. The molecule has 4 atom stereocenters. The summed E-state index contributed by atoms with van der Waals surface area (Å²) in [5.41, 5.74) is 5.77.